The van der Waals surface area contributed by atoms with Gasteiger partial charge >= 0.3 is 0 Å². The summed E-state index contributed by atoms with van der Waals surface area (Å²) in [5.74, 6) is -0.0820. The second kappa shape index (κ2) is 11.8. The number of ether oxygens (including phenoxy) is 1. The normalized spacial score (nSPS) is 12.6. The van der Waals surface area contributed by atoms with Gasteiger partial charge in [-0.3, -0.25) is 13.9 Å². The second-order valence-electron chi connectivity index (χ2n) is 10.1. The van der Waals surface area contributed by atoms with E-state index in [1.165, 1.54) is 4.90 Å². The molecule has 8 nitrogen and oxygen atoms in total. The third-order valence-corrected chi connectivity index (χ3v) is 6.99. The summed E-state index contributed by atoms with van der Waals surface area (Å²) in [6.07, 6.45) is 1.44. The number of hydrogen-bond acceptors (Lipinski definition) is 5. The molecule has 2 rings (SSSR count). The Labute approximate surface area is 215 Å². The van der Waals surface area contributed by atoms with Crippen molar-refractivity contribution in [3.05, 3.63) is 59.2 Å². The fourth-order valence-electron chi connectivity index (χ4n) is 3.79. The Balaban J connectivity index is 2.47. The van der Waals surface area contributed by atoms with Crippen LogP contribution in [-0.4, -0.2) is 56.6 Å². The molecule has 0 heterocycles. The number of rotatable bonds is 10. The van der Waals surface area contributed by atoms with Crippen LogP contribution in [0.5, 0.6) is 5.75 Å². The van der Waals surface area contributed by atoms with E-state index >= 15 is 0 Å². The Kier molecular flexibility index (Phi) is 9.54. The largest absolute Gasteiger partial charge is 0.497 e. The molecule has 2 amide bonds. The Morgan fingerprint density at radius 3 is 2.11 bits per heavy atom. The van der Waals surface area contributed by atoms with Crippen LogP contribution in [0.15, 0.2) is 42.5 Å². The fourth-order valence-corrected chi connectivity index (χ4v) is 4.64. The van der Waals surface area contributed by atoms with E-state index in [9.17, 15) is 18.0 Å². The first-order valence-electron chi connectivity index (χ1n) is 12.0. The maximum atomic E-state index is 13.7. The van der Waals surface area contributed by atoms with Crippen LogP contribution in [0.25, 0.3) is 0 Å². The maximum absolute atomic E-state index is 13.7. The van der Waals surface area contributed by atoms with Gasteiger partial charge in [0.15, 0.2) is 0 Å². The van der Waals surface area contributed by atoms with Crippen LogP contribution >= 0.6 is 0 Å². The topological polar surface area (TPSA) is 96.0 Å². The van der Waals surface area contributed by atoms with Gasteiger partial charge in [0.2, 0.25) is 21.8 Å². The van der Waals surface area contributed by atoms with E-state index in [4.69, 9.17) is 4.74 Å². The smallest absolute Gasteiger partial charge is 0.244 e. The van der Waals surface area contributed by atoms with E-state index in [0.29, 0.717) is 17.9 Å². The third-order valence-electron chi connectivity index (χ3n) is 5.85. The molecule has 0 unspecified atom stereocenters. The summed E-state index contributed by atoms with van der Waals surface area (Å²) in [5.41, 5.74) is 2.65. The van der Waals surface area contributed by atoms with Crippen molar-refractivity contribution in [1.82, 2.24) is 10.2 Å². The molecule has 0 saturated heterocycles. The lowest BCUT2D eigenvalue weighted by molar-refractivity contribution is -0.141. The predicted molar refractivity (Wildman–Crippen MR) is 144 cm³/mol. The van der Waals surface area contributed by atoms with Gasteiger partial charge in [-0.15, -0.1) is 0 Å². The average Bonchev–Trinajstić information content (AvgIpc) is 2.77. The van der Waals surface area contributed by atoms with Gasteiger partial charge in [0.25, 0.3) is 0 Å². The number of methoxy groups -OCH3 is 1. The van der Waals surface area contributed by atoms with Crippen LogP contribution in [-0.2, 0) is 26.2 Å². The van der Waals surface area contributed by atoms with Gasteiger partial charge in [0.1, 0.15) is 18.3 Å². The molecule has 0 aliphatic carbocycles. The second-order valence-corrected chi connectivity index (χ2v) is 12.0. The summed E-state index contributed by atoms with van der Waals surface area (Å²) in [6.45, 7) is 11.0. The average molecular weight is 518 g/mol. The van der Waals surface area contributed by atoms with E-state index in [-0.39, 0.29) is 12.5 Å². The molecule has 0 spiro atoms. The molecule has 36 heavy (non-hydrogen) atoms. The van der Waals surface area contributed by atoms with Crippen LogP contribution in [0.4, 0.5) is 5.69 Å². The summed E-state index contributed by atoms with van der Waals surface area (Å²) < 4.78 is 31.8. The van der Waals surface area contributed by atoms with E-state index in [2.05, 4.69) is 5.32 Å². The number of amides is 2. The molecular weight excluding hydrogens is 478 g/mol. The lowest BCUT2D eigenvalue weighted by Crippen LogP contribution is -2.55. The Bertz CT molecular complexity index is 1170. The van der Waals surface area contributed by atoms with Crippen LogP contribution in [0, 0.1) is 13.8 Å². The summed E-state index contributed by atoms with van der Waals surface area (Å²) in [4.78, 5) is 28.4. The molecule has 0 aliphatic heterocycles. The van der Waals surface area contributed by atoms with Crippen molar-refractivity contribution in [2.75, 3.05) is 24.2 Å². The lowest BCUT2D eigenvalue weighted by atomic mass is 10.1. The highest BCUT2D eigenvalue weighted by Gasteiger charge is 2.33. The molecule has 9 heteroatoms. The number of anilines is 1. The number of benzene rings is 2. The first-order chi connectivity index (χ1) is 16.7. The quantitative estimate of drug-likeness (QED) is 0.517. The minimum absolute atomic E-state index is 0.142. The number of aryl methyl sites for hydroxylation is 2. The molecule has 0 saturated carbocycles. The molecule has 0 bridgehead atoms. The van der Waals surface area contributed by atoms with Crippen molar-refractivity contribution in [3.8, 4) is 5.75 Å². The van der Waals surface area contributed by atoms with Crippen molar-refractivity contribution in [1.29, 1.82) is 0 Å². The summed E-state index contributed by atoms with van der Waals surface area (Å²) >= 11 is 0. The number of nitrogens with one attached hydrogen (secondary N) is 1. The van der Waals surface area contributed by atoms with E-state index in [1.807, 2.05) is 59.7 Å². The Morgan fingerprint density at radius 1 is 1.03 bits per heavy atom. The van der Waals surface area contributed by atoms with Crippen molar-refractivity contribution < 1.29 is 22.7 Å². The highest BCUT2D eigenvalue weighted by Crippen LogP contribution is 2.23. The molecule has 0 aromatic heterocycles. The van der Waals surface area contributed by atoms with Gasteiger partial charge in [-0.2, -0.15) is 0 Å². The highest BCUT2D eigenvalue weighted by atomic mass is 32.2. The first kappa shape index (κ1) is 29.2. The van der Waals surface area contributed by atoms with Crippen LogP contribution < -0.4 is 14.4 Å². The van der Waals surface area contributed by atoms with Gasteiger partial charge in [-0.1, -0.05) is 25.1 Å². The molecule has 2 aromatic carbocycles. The molecule has 0 radical (unpaired) electrons. The zero-order chi connectivity index (χ0) is 27.3. The standard InChI is InChI=1S/C27H39N3O5S/c1-9-24(26(32)28-27(4,5)6)29(17-21-11-14-23(35-7)15-12-21)25(31)18-30(36(8,33)34)22-13-10-19(2)20(3)16-22/h10-16,24H,9,17-18H2,1-8H3,(H,28,32)/t24-/m1/s1. The molecule has 1 atom stereocenters. The number of carbonyl (C=O) groups is 2. The monoisotopic (exact) mass is 517 g/mol. The van der Waals surface area contributed by atoms with Crippen LogP contribution in [0.2, 0.25) is 0 Å². The minimum atomic E-state index is -3.77. The third kappa shape index (κ3) is 7.98. The Hall–Kier alpha value is -3.07. The van der Waals surface area contributed by atoms with Gasteiger partial charge in [0, 0.05) is 12.1 Å². The van der Waals surface area contributed by atoms with Crippen LogP contribution in [0.1, 0.15) is 50.8 Å². The molecule has 1 N–H and O–H groups in total. The SMILES string of the molecule is CC[C@H](C(=O)NC(C)(C)C)N(Cc1ccc(OC)cc1)C(=O)CN(c1ccc(C)c(C)c1)S(C)(=O)=O. The first-order valence-corrected chi connectivity index (χ1v) is 13.8. The van der Waals surface area contributed by atoms with Crippen LogP contribution in [0.3, 0.4) is 0 Å². The minimum Gasteiger partial charge on any atom is -0.497 e. The highest BCUT2D eigenvalue weighted by molar-refractivity contribution is 7.92. The molecule has 198 valence electrons. The fraction of sp³-hybridized carbons (Fsp3) is 0.481. The van der Waals surface area contributed by atoms with Crippen molar-refractivity contribution in [3.63, 3.8) is 0 Å². The van der Waals surface area contributed by atoms with Crippen molar-refractivity contribution in [2.45, 2.75) is 66.1 Å². The summed E-state index contributed by atoms with van der Waals surface area (Å²) in [5, 5.41) is 2.95. The van der Waals surface area contributed by atoms with Crippen molar-refractivity contribution in [2.24, 2.45) is 0 Å². The number of sulfonamides is 1. The number of nitrogens with zero attached hydrogens (tertiary/aromatic N) is 2. The van der Waals surface area contributed by atoms with Gasteiger partial charge in [0.05, 0.1) is 19.1 Å². The van der Waals surface area contributed by atoms with E-state index < -0.39 is 34.1 Å². The molecule has 0 fully saturated rings. The summed E-state index contributed by atoms with van der Waals surface area (Å²) in [7, 11) is -2.20. The summed E-state index contributed by atoms with van der Waals surface area (Å²) in [6, 6.07) is 11.7. The molecule has 2 aromatic rings. The molecule has 0 aliphatic rings. The van der Waals surface area contributed by atoms with Gasteiger partial charge < -0.3 is 15.0 Å². The number of carbonyl (C=O) groups excluding carboxylic acids is 2. The lowest BCUT2D eigenvalue weighted by Gasteiger charge is -2.34. The number of hydrogen-bond donors (Lipinski definition) is 1. The van der Waals surface area contributed by atoms with Gasteiger partial charge in [-0.25, -0.2) is 8.42 Å². The van der Waals surface area contributed by atoms with Gasteiger partial charge in [-0.05, 0) is 82.0 Å². The zero-order valence-corrected chi connectivity index (χ0v) is 23.4. The Morgan fingerprint density at radius 2 is 1.64 bits per heavy atom. The van der Waals surface area contributed by atoms with Crippen molar-refractivity contribution >= 4 is 27.5 Å². The predicted octanol–water partition coefficient (Wildman–Crippen LogP) is 3.80. The molecular formula is C27H39N3O5S. The zero-order valence-electron chi connectivity index (χ0n) is 22.6. The van der Waals surface area contributed by atoms with E-state index in [1.54, 1.807) is 31.4 Å². The maximum Gasteiger partial charge on any atom is 0.244 e. The van der Waals surface area contributed by atoms with E-state index in [0.717, 1.165) is 27.3 Å².